The predicted molar refractivity (Wildman–Crippen MR) is 166 cm³/mol. The van der Waals surface area contributed by atoms with Crippen molar-refractivity contribution in [1.82, 2.24) is 10.2 Å². The average molecular weight is 695 g/mol. The second-order valence-electron chi connectivity index (χ2n) is 10.1. The Kier molecular flexibility index (Phi) is 12.6. The van der Waals surface area contributed by atoms with Crippen LogP contribution in [0.1, 0.15) is 31.4 Å². The van der Waals surface area contributed by atoms with Crippen LogP contribution in [0.4, 0.5) is 0 Å². The SMILES string of the molecule is COc1ccccc1CCN(C(=O)C=C(C)C)[C@@H]1CC(C(=O)NCCO)=C[C@H](Oc2c(I)cc(CO)cc2OC)[C@H]1O. The van der Waals surface area contributed by atoms with Crippen LogP contribution in [0.3, 0.4) is 0 Å². The summed E-state index contributed by atoms with van der Waals surface area (Å²) in [6.45, 7) is 3.51. The van der Waals surface area contributed by atoms with E-state index in [4.69, 9.17) is 14.2 Å². The summed E-state index contributed by atoms with van der Waals surface area (Å²) in [5, 5.41) is 33.2. The number of hydrogen-bond acceptors (Lipinski definition) is 8. The molecular weight excluding hydrogens is 655 g/mol. The first-order chi connectivity index (χ1) is 20.1. The molecule has 2 aromatic carbocycles. The first kappa shape index (κ1) is 33.4. The van der Waals surface area contributed by atoms with E-state index in [1.165, 1.54) is 13.2 Å². The molecule has 228 valence electrons. The lowest BCUT2D eigenvalue weighted by Gasteiger charge is -2.40. The highest BCUT2D eigenvalue weighted by Crippen LogP contribution is 2.37. The van der Waals surface area contributed by atoms with Gasteiger partial charge in [0.1, 0.15) is 18.0 Å². The van der Waals surface area contributed by atoms with Gasteiger partial charge in [-0.15, -0.1) is 0 Å². The fourth-order valence-electron chi connectivity index (χ4n) is 4.81. The second-order valence-corrected chi connectivity index (χ2v) is 11.3. The molecule has 2 amide bonds. The lowest BCUT2D eigenvalue weighted by molar-refractivity contribution is -0.133. The van der Waals surface area contributed by atoms with E-state index in [0.717, 1.165) is 11.1 Å². The molecule has 3 atom stereocenters. The number of benzene rings is 2. The van der Waals surface area contributed by atoms with Crippen molar-refractivity contribution >= 4 is 34.4 Å². The third-order valence-electron chi connectivity index (χ3n) is 6.85. The topological polar surface area (TPSA) is 138 Å². The summed E-state index contributed by atoms with van der Waals surface area (Å²) in [7, 11) is 3.06. The first-order valence-electron chi connectivity index (χ1n) is 13.6. The second kappa shape index (κ2) is 15.9. The predicted octanol–water partition coefficient (Wildman–Crippen LogP) is 2.75. The summed E-state index contributed by atoms with van der Waals surface area (Å²) < 4.78 is 17.9. The van der Waals surface area contributed by atoms with Crippen LogP contribution < -0.4 is 19.5 Å². The molecule has 0 bridgehead atoms. The molecule has 0 unspecified atom stereocenters. The molecule has 0 aromatic heterocycles. The molecule has 0 aliphatic heterocycles. The Morgan fingerprint density at radius 3 is 2.48 bits per heavy atom. The van der Waals surface area contributed by atoms with Crippen molar-refractivity contribution in [2.45, 2.75) is 51.5 Å². The maximum Gasteiger partial charge on any atom is 0.247 e. The summed E-state index contributed by atoms with van der Waals surface area (Å²) in [6.07, 6.45) is 1.36. The molecular formula is C31H39IN2O8. The van der Waals surface area contributed by atoms with Crippen molar-refractivity contribution < 1.29 is 39.1 Å². The molecule has 1 aliphatic carbocycles. The van der Waals surface area contributed by atoms with E-state index in [0.29, 0.717) is 38.4 Å². The molecule has 1 aliphatic rings. The maximum absolute atomic E-state index is 13.6. The molecule has 10 nitrogen and oxygen atoms in total. The van der Waals surface area contributed by atoms with Gasteiger partial charge >= 0.3 is 0 Å². The number of carbonyl (C=O) groups excluding carboxylic acids is 2. The zero-order valence-corrected chi connectivity index (χ0v) is 26.5. The van der Waals surface area contributed by atoms with Crippen LogP contribution in [0.25, 0.3) is 0 Å². The Bertz CT molecular complexity index is 1310. The summed E-state index contributed by atoms with van der Waals surface area (Å²) in [6, 6.07) is 10.1. The first-order valence-corrected chi connectivity index (χ1v) is 14.7. The number of hydrogen-bond donors (Lipinski definition) is 4. The minimum Gasteiger partial charge on any atom is -0.496 e. The fourth-order valence-corrected chi connectivity index (χ4v) is 5.61. The molecule has 2 aromatic rings. The number of allylic oxidation sites excluding steroid dienone is 1. The quantitative estimate of drug-likeness (QED) is 0.186. The monoisotopic (exact) mass is 694 g/mol. The van der Waals surface area contributed by atoms with E-state index < -0.39 is 24.2 Å². The van der Waals surface area contributed by atoms with Gasteiger partial charge in [0.15, 0.2) is 11.5 Å². The number of nitrogens with zero attached hydrogens (tertiary/aromatic N) is 1. The number of amides is 2. The average Bonchev–Trinajstić information content (AvgIpc) is 2.97. The molecule has 11 heteroatoms. The lowest BCUT2D eigenvalue weighted by atomic mass is 9.87. The van der Waals surface area contributed by atoms with Crippen molar-refractivity contribution in [3.63, 3.8) is 0 Å². The van der Waals surface area contributed by atoms with Crippen LogP contribution in [0.2, 0.25) is 0 Å². The molecule has 0 saturated carbocycles. The highest BCUT2D eigenvalue weighted by Gasteiger charge is 2.40. The van der Waals surface area contributed by atoms with Gasteiger partial charge in [-0.25, -0.2) is 0 Å². The number of rotatable bonds is 13. The summed E-state index contributed by atoms with van der Waals surface area (Å²) in [5.74, 6) is 0.654. The normalized spacial score (nSPS) is 18.0. The van der Waals surface area contributed by atoms with Gasteiger partial charge in [0.05, 0.1) is 37.0 Å². The van der Waals surface area contributed by atoms with Crippen LogP contribution in [-0.4, -0.2) is 84.2 Å². The fraction of sp³-hybridized carbons (Fsp3) is 0.419. The van der Waals surface area contributed by atoms with Crippen molar-refractivity contribution in [1.29, 1.82) is 0 Å². The molecule has 0 radical (unpaired) electrons. The maximum atomic E-state index is 13.6. The van der Waals surface area contributed by atoms with E-state index in [1.807, 2.05) is 38.1 Å². The van der Waals surface area contributed by atoms with Crippen molar-refractivity contribution in [2.75, 3.05) is 33.9 Å². The third-order valence-corrected chi connectivity index (χ3v) is 7.65. The number of ether oxygens (including phenoxy) is 3. The van der Waals surface area contributed by atoms with Crippen LogP contribution >= 0.6 is 22.6 Å². The van der Waals surface area contributed by atoms with Crippen molar-refractivity contribution in [2.24, 2.45) is 0 Å². The number of aliphatic hydroxyl groups excluding tert-OH is 3. The van der Waals surface area contributed by atoms with Gasteiger partial charge in [0.25, 0.3) is 0 Å². The summed E-state index contributed by atoms with van der Waals surface area (Å²) >= 11 is 2.06. The Morgan fingerprint density at radius 1 is 1.12 bits per heavy atom. The van der Waals surface area contributed by atoms with Gasteiger partial charge in [-0.3, -0.25) is 9.59 Å². The van der Waals surface area contributed by atoms with Gasteiger partial charge in [-0.05, 0) is 78.3 Å². The highest BCUT2D eigenvalue weighted by atomic mass is 127. The van der Waals surface area contributed by atoms with E-state index in [9.17, 15) is 24.9 Å². The molecule has 3 rings (SSSR count). The van der Waals surface area contributed by atoms with E-state index in [-0.39, 0.29) is 38.6 Å². The Morgan fingerprint density at radius 2 is 1.83 bits per heavy atom. The van der Waals surface area contributed by atoms with E-state index >= 15 is 0 Å². The zero-order valence-electron chi connectivity index (χ0n) is 24.3. The number of methoxy groups -OCH3 is 2. The molecule has 4 N–H and O–H groups in total. The Labute approximate surface area is 260 Å². The van der Waals surface area contributed by atoms with Crippen LogP contribution in [0.5, 0.6) is 17.2 Å². The molecule has 0 saturated heterocycles. The number of aliphatic hydroxyl groups is 3. The van der Waals surface area contributed by atoms with Crippen LogP contribution in [0, 0.1) is 3.57 Å². The standard InChI is InChI=1S/C31H39IN2O8/c1-19(2)13-28(37)34(11-9-21-7-5-6-8-25(21)40-3)24-16-22(31(39)33-10-12-35)17-26(29(24)38)42-30-23(32)14-20(18-36)15-27(30)41-4/h5-8,13-15,17,24,26,29,35-36,38H,9-12,16,18H2,1-4H3,(H,33,39)/t24-,26+,29+/m1/s1. The zero-order chi connectivity index (χ0) is 30.8. The molecule has 0 fully saturated rings. The van der Waals surface area contributed by atoms with Gasteiger partial charge in [0.2, 0.25) is 11.8 Å². The van der Waals surface area contributed by atoms with E-state index in [1.54, 1.807) is 30.2 Å². The minimum atomic E-state index is -1.20. The van der Waals surface area contributed by atoms with Gasteiger partial charge in [-0.1, -0.05) is 23.8 Å². The number of para-hydroxylation sites is 1. The summed E-state index contributed by atoms with van der Waals surface area (Å²) in [5.41, 5.74) is 2.63. The van der Waals surface area contributed by atoms with Crippen molar-refractivity contribution in [3.8, 4) is 17.2 Å². The Hall–Kier alpha value is -3.13. The third kappa shape index (κ3) is 8.46. The van der Waals surface area contributed by atoms with E-state index in [2.05, 4.69) is 27.9 Å². The number of nitrogens with one attached hydrogen (secondary N) is 1. The molecule has 42 heavy (non-hydrogen) atoms. The largest absolute Gasteiger partial charge is 0.496 e. The van der Waals surface area contributed by atoms with Crippen LogP contribution in [-0.2, 0) is 22.6 Å². The van der Waals surface area contributed by atoms with Gasteiger partial charge < -0.3 is 39.7 Å². The Balaban J connectivity index is 2.03. The minimum absolute atomic E-state index is 0.0531. The molecule has 0 spiro atoms. The molecule has 0 heterocycles. The number of halogens is 1. The van der Waals surface area contributed by atoms with Crippen molar-refractivity contribution in [3.05, 3.63) is 74.4 Å². The van der Waals surface area contributed by atoms with Crippen LogP contribution in [0.15, 0.2) is 59.7 Å². The smallest absolute Gasteiger partial charge is 0.247 e. The number of carbonyl (C=O) groups is 2. The lowest BCUT2D eigenvalue weighted by Crippen LogP contribution is -2.55. The highest BCUT2D eigenvalue weighted by molar-refractivity contribution is 14.1. The van der Waals surface area contributed by atoms with Gasteiger partial charge in [-0.2, -0.15) is 0 Å². The summed E-state index contributed by atoms with van der Waals surface area (Å²) in [4.78, 5) is 28.3. The van der Waals surface area contributed by atoms with Gasteiger partial charge in [0, 0.05) is 31.2 Å².